The van der Waals surface area contributed by atoms with Gasteiger partial charge in [0, 0.05) is 5.70 Å². The number of benzene rings is 1. The largest absolute Gasteiger partial charge is 0.398 e. The van der Waals surface area contributed by atoms with Crippen molar-refractivity contribution in [2.45, 2.75) is 13.0 Å². The van der Waals surface area contributed by atoms with Gasteiger partial charge in [-0.15, -0.1) is 0 Å². The summed E-state index contributed by atoms with van der Waals surface area (Å²) in [6.45, 7) is 5.62. The van der Waals surface area contributed by atoms with E-state index in [4.69, 9.17) is 11.5 Å². The molecule has 2 heteroatoms. The molecule has 0 saturated heterocycles. The van der Waals surface area contributed by atoms with E-state index in [1.165, 1.54) is 0 Å². The first kappa shape index (κ1) is 14.0. The maximum atomic E-state index is 6.09. The Morgan fingerprint density at radius 1 is 1.28 bits per heavy atom. The van der Waals surface area contributed by atoms with E-state index < -0.39 is 0 Å². The van der Waals surface area contributed by atoms with E-state index >= 15 is 0 Å². The van der Waals surface area contributed by atoms with E-state index in [1.807, 2.05) is 61.6 Å². The predicted octanol–water partition coefficient (Wildman–Crippen LogP) is 3.22. The first-order valence-electron chi connectivity index (χ1n) is 5.92. The van der Waals surface area contributed by atoms with Crippen LogP contribution in [-0.2, 0) is 0 Å². The molecule has 2 nitrogen and oxygen atoms in total. The van der Waals surface area contributed by atoms with Crippen LogP contribution in [0, 0.1) is 0 Å². The second kappa shape index (κ2) is 7.30. The summed E-state index contributed by atoms with van der Waals surface area (Å²) in [7, 11) is 0. The van der Waals surface area contributed by atoms with Gasteiger partial charge in [-0.25, -0.2) is 0 Å². The maximum absolute atomic E-state index is 6.09. The van der Waals surface area contributed by atoms with E-state index in [9.17, 15) is 0 Å². The first-order valence-corrected chi connectivity index (χ1v) is 5.92. The smallest absolute Gasteiger partial charge is 0.0504 e. The minimum absolute atomic E-state index is 0.204. The lowest BCUT2D eigenvalue weighted by molar-refractivity contribution is 0.899. The molecule has 1 atom stereocenters. The SMILES string of the molecule is C=C/C=C(\C=C/C)C(/N)=C/C(N)c1ccccc1. The quantitative estimate of drug-likeness (QED) is 0.776. The minimum Gasteiger partial charge on any atom is -0.398 e. The molecule has 0 fully saturated rings. The summed E-state index contributed by atoms with van der Waals surface area (Å²) in [5.74, 6) is 0. The second-order valence-electron chi connectivity index (χ2n) is 3.92. The molecule has 1 aromatic rings. The van der Waals surface area contributed by atoms with Crippen LogP contribution in [0.3, 0.4) is 0 Å². The average molecular weight is 240 g/mol. The van der Waals surface area contributed by atoms with Gasteiger partial charge in [-0.3, -0.25) is 0 Å². The van der Waals surface area contributed by atoms with Crippen LogP contribution in [-0.4, -0.2) is 0 Å². The van der Waals surface area contributed by atoms with Gasteiger partial charge in [0.25, 0.3) is 0 Å². The molecular weight excluding hydrogens is 220 g/mol. The topological polar surface area (TPSA) is 52.0 Å². The van der Waals surface area contributed by atoms with Crippen molar-refractivity contribution >= 4 is 0 Å². The Kier molecular flexibility index (Phi) is 5.68. The molecule has 0 aliphatic carbocycles. The highest BCUT2D eigenvalue weighted by molar-refractivity contribution is 5.41. The second-order valence-corrected chi connectivity index (χ2v) is 3.92. The van der Waals surface area contributed by atoms with Crippen LogP contribution in [0.15, 0.2) is 78.6 Å². The highest BCUT2D eigenvalue weighted by Crippen LogP contribution is 2.15. The van der Waals surface area contributed by atoms with Crippen molar-refractivity contribution in [3.63, 3.8) is 0 Å². The van der Waals surface area contributed by atoms with Gasteiger partial charge in [-0.2, -0.15) is 0 Å². The lowest BCUT2D eigenvalue weighted by Gasteiger charge is -2.09. The lowest BCUT2D eigenvalue weighted by atomic mass is 10.0. The van der Waals surface area contributed by atoms with Crippen LogP contribution in [0.25, 0.3) is 0 Å². The van der Waals surface area contributed by atoms with Gasteiger partial charge in [0.2, 0.25) is 0 Å². The minimum atomic E-state index is -0.204. The zero-order valence-corrected chi connectivity index (χ0v) is 10.7. The summed E-state index contributed by atoms with van der Waals surface area (Å²) in [6.07, 6.45) is 9.30. The van der Waals surface area contributed by atoms with Crippen molar-refractivity contribution < 1.29 is 0 Å². The van der Waals surface area contributed by atoms with Gasteiger partial charge in [0.15, 0.2) is 0 Å². The average Bonchev–Trinajstić information content (AvgIpc) is 2.39. The molecule has 1 unspecified atom stereocenters. The van der Waals surface area contributed by atoms with E-state index in [0.717, 1.165) is 11.1 Å². The number of nitrogens with two attached hydrogens (primary N) is 2. The number of allylic oxidation sites excluding steroid dienone is 4. The van der Waals surface area contributed by atoms with Gasteiger partial charge < -0.3 is 11.5 Å². The van der Waals surface area contributed by atoms with Crippen molar-refractivity contribution in [1.82, 2.24) is 0 Å². The monoisotopic (exact) mass is 240 g/mol. The third-order valence-corrected chi connectivity index (χ3v) is 2.52. The summed E-state index contributed by atoms with van der Waals surface area (Å²) in [5, 5.41) is 0. The zero-order chi connectivity index (χ0) is 13.4. The zero-order valence-electron chi connectivity index (χ0n) is 10.7. The molecule has 0 aliphatic heterocycles. The summed E-state index contributed by atoms with van der Waals surface area (Å²) in [6, 6.07) is 9.66. The summed E-state index contributed by atoms with van der Waals surface area (Å²) in [4.78, 5) is 0. The molecular formula is C16H20N2. The van der Waals surface area contributed by atoms with Crippen LogP contribution < -0.4 is 11.5 Å². The van der Waals surface area contributed by atoms with Gasteiger partial charge in [0.1, 0.15) is 0 Å². The van der Waals surface area contributed by atoms with E-state index in [2.05, 4.69) is 6.58 Å². The molecule has 1 rings (SSSR count). The molecule has 4 N–H and O–H groups in total. The molecule has 0 radical (unpaired) electrons. The Hall–Kier alpha value is -2.06. The Morgan fingerprint density at radius 3 is 2.50 bits per heavy atom. The van der Waals surface area contributed by atoms with Crippen molar-refractivity contribution in [1.29, 1.82) is 0 Å². The Balaban J connectivity index is 2.94. The van der Waals surface area contributed by atoms with Gasteiger partial charge in [0.05, 0.1) is 6.04 Å². The van der Waals surface area contributed by atoms with E-state index in [1.54, 1.807) is 6.08 Å². The number of hydrogen-bond acceptors (Lipinski definition) is 2. The molecule has 0 heterocycles. The maximum Gasteiger partial charge on any atom is 0.0504 e. The fourth-order valence-corrected chi connectivity index (χ4v) is 1.62. The van der Waals surface area contributed by atoms with Crippen molar-refractivity contribution in [3.05, 3.63) is 84.1 Å². The van der Waals surface area contributed by atoms with Crippen LogP contribution >= 0.6 is 0 Å². The Labute approximate surface area is 109 Å². The Bertz CT molecular complexity index is 467. The van der Waals surface area contributed by atoms with Gasteiger partial charge in [-0.1, -0.05) is 61.2 Å². The van der Waals surface area contributed by atoms with Gasteiger partial charge >= 0.3 is 0 Å². The predicted molar refractivity (Wildman–Crippen MR) is 78.7 cm³/mol. The molecule has 0 spiro atoms. The standard InChI is InChI=1S/C16H20N2/c1-3-8-13(9-4-2)15(17)12-16(18)14-10-6-5-7-11-14/h3-12,16H,1,17-18H2,2H3/b9-4-,13-8+,15-12-. The summed E-state index contributed by atoms with van der Waals surface area (Å²) < 4.78 is 0. The molecule has 18 heavy (non-hydrogen) atoms. The normalized spacial score (nSPS) is 14.8. The van der Waals surface area contributed by atoms with E-state index in [0.29, 0.717) is 5.70 Å². The van der Waals surface area contributed by atoms with Crippen LogP contribution in [0.2, 0.25) is 0 Å². The van der Waals surface area contributed by atoms with Crippen molar-refractivity contribution in [2.75, 3.05) is 0 Å². The van der Waals surface area contributed by atoms with E-state index in [-0.39, 0.29) is 6.04 Å². The Morgan fingerprint density at radius 2 is 1.94 bits per heavy atom. The van der Waals surface area contributed by atoms with Crippen molar-refractivity contribution in [2.24, 2.45) is 11.5 Å². The third kappa shape index (κ3) is 4.07. The third-order valence-electron chi connectivity index (χ3n) is 2.52. The lowest BCUT2D eigenvalue weighted by Crippen LogP contribution is -2.11. The number of hydrogen-bond donors (Lipinski definition) is 2. The number of rotatable bonds is 5. The summed E-state index contributed by atoms with van der Waals surface area (Å²) >= 11 is 0. The highest BCUT2D eigenvalue weighted by Gasteiger charge is 2.04. The molecule has 0 bridgehead atoms. The molecule has 0 aromatic heterocycles. The van der Waals surface area contributed by atoms with Gasteiger partial charge in [-0.05, 0) is 24.1 Å². The van der Waals surface area contributed by atoms with Crippen LogP contribution in [0.1, 0.15) is 18.5 Å². The molecule has 0 amide bonds. The highest BCUT2D eigenvalue weighted by atomic mass is 14.6. The fraction of sp³-hybridized carbons (Fsp3) is 0.125. The summed E-state index contributed by atoms with van der Waals surface area (Å²) in [5.41, 5.74) is 14.7. The first-order chi connectivity index (χ1) is 8.69. The van der Waals surface area contributed by atoms with Crippen molar-refractivity contribution in [3.8, 4) is 0 Å². The molecule has 94 valence electrons. The fourth-order valence-electron chi connectivity index (χ4n) is 1.62. The molecule has 0 saturated carbocycles. The molecule has 1 aromatic carbocycles. The molecule has 0 aliphatic rings. The van der Waals surface area contributed by atoms with Crippen LogP contribution in [0.5, 0.6) is 0 Å². The van der Waals surface area contributed by atoms with Crippen LogP contribution in [0.4, 0.5) is 0 Å².